The zero-order valence-electron chi connectivity index (χ0n) is 8.47. The van der Waals surface area contributed by atoms with Crippen LogP contribution >= 0.6 is 0 Å². The molecule has 0 aromatic heterocycles. The summed E-state index contributed by atoms with van der Waals surface area (Å²) in [5.74, 6) is -1.20. The Morgan fingerprint density at radius 1 is 1.44 bits per heavy atom. The molecule has 7 heteroatoms. The molecule has 0 aliphatic carbocycles. The second-order valence-electron chi connectivity index (χ2n) is 3.07. The summed E-state index contributed by atoms with van der Waals surface area (Å²) in [5.41, 5.74) is 0.447. The van der Waals surface area contributed by atoms with Gasteiger partial charge in [-0.1, -0.05) is 17.9 Å². The Morgan fingerprint density at radius 3 is 2.50 bits per heavy atom. The van der Waals surface area contributed by atoms with Crippen LogP contribution in [-0.2, 0) is 16.4 Å². The molecule has 0 atom stereocenters. The lowest BCUT2D eigenvalue weighted by atomic mass is 10.1. The fourth-order valence-corrected chi connectivity index (χ4v) is 1.91. The molecule has 88 valence electrons. The Bertz CT molecular complexity index is 509. The third kappa shape index (κ3) is 2.38. The second kappa shape index (κ2) is 4.60. The van der Waals surface area contributed by atoms with Crippen LogP contribution in [0.5, 0.6) is 0 Å². The van der Waals surface area contributed by atoms with Crippen molar-refractivity contribution in [3.8, 4) is 0 Å². The van der Waals surface area contributed by atoms with E-state index in [-0.39, 0.29) is 10.5 Å². The van der Waals surface area contributed by atoms with Crippen molar-refractivity contribution in [2.75, 3.05) is 0 Å². The molecule has 0 saturated carbocycles. The van der Waals surface area contributed by atoms with Crippen molar-refractivity contribution in [3.05, 3.63) is 29.3 Å². The first-order valence-corrected chi connectivity index (χ1v) is 5.92. The highest BCUT2D eigenvalue weighted by molar-refractivity contribution is 7.89. The number of hydrogen-bond donors (Lipinski definition) is 3. The molecule has 0 unspecified atom stereocenters. The number of carbonyl (C=O) groups is 1. The zero-order valence-corrected chi connectivity index (χ0v) is 9.28. The largest absolute Gasteiger partial charge is 0.478 e. The molecule has 0 bridgehead atoms. The zero-order chi connectivity index (χ0) is 12.3. The van der Waals surface area contributed by atoms with Gasteiger partial charge in [-0.2, -0.15) is 0 Å². The minimum absolute atomic E-state index is 0.0844. The van der Waals surface area contributed by atoms with Crippen molar-refractivity contribution in [2.45, 2.75) is 18.2 Å². The average molecular weight is 245 g/mol. The molecular formula is C9H11NO5S. The normalized spacial score (nSPS) is 11.4. The van der Waals surface area contributed by atoms with E-state index in [0.29, 0.717) is 12.0 Å². The van der Waals surface area contributed by atoms with Crippen LogP contribution in [0.2, 0.25) is 0 Å². The third-order valence-electron chi connectivity index (χ3n) is 2.12. The first-order chi connectivity index (χ1) is 7.42. The molecule has 0 aliphatic heterocycles. The summed E-state index contributed by atoms with van der Waals surface area (Å²) in [6, 6.07) is 3.66. The molecule has 1 aromatic carbocycles. The third-order valence-corrected chi connectivity index (χ3v) is 3.24. The van der Waals surface area contributed by atoms with Gasteiger partial charge in [0.25, 0.3) is 10.0 Å². The van der Waals surface area contributed by atoms with Crippen LogP contribution in [-0.4, -0.2) is 24.7 Å². The molecule has 0 fully saturated rings. The van der Waals surface area contributed by atoms with Gasteiger partial charge in [0.1, 0.15) is 0 Å². The van der Waals surface area contributed by atoms with Crippen LogP contribution in [0.3, 0.4) is 0 Å². The van der Waals surface area contributed by atoms with Gasteiger partial charge in [0.15, 0.2) is 0 Å². The van der Waals surface area contributed by atoms with E-state index in [0.717, 1.165) is 11.0 Å². The molecule has 3 N–H and O–H groups in total. The maximum absolute atomic E-state index is 11.2. The van der Waals surface area contributed by atoms with E-state index in [2.05, 4.69) is 0 Å². The van der Waals surface area contributed by atoms with Crippen LogP contribution in [0.25, 0.3) is 0 Å². The molecule has 16 heavy (non-hydrogen) atoms. The number of carboxylic acid groups (broad SMARTS) is 1. The number of aryl methyl sites for hydroxylation is 1. The molecule has 0 amide bonds. The smallest absolute Gasteiger partial charge is 0.336 e. The minimum Gasteiger partial charge on any atom is -0.478 e. The molecule has 0 radical (unpaired) electrons. The maximum atomic E-state index is 11.2. The Balaban J connectivity index is 3.39. The monoisotopic (exact) mass is 245 g/mol. The SMILES string of the molecule is CCc1ccc(S(=O)(=O)NO)cc1C(=O)O. The van der Waals surface area contributed by atoms with E-state index in [9.17, 15) is 13.2 Å². The van der Waals surface area contributed by atoms with E-state index in [1.807, 2.05) is 0 Å². The number of nitrogens with one attached hydrogen (secondary N) is 1. The van der Waals surface area contributed by atoms with Crippen molar-refractivity contribution in [2.24, 2.45) is 0 Å². The summed E-state index contributed by atoms with van der Waals surface area (Å²) < 4.78 is 22.4. The highest BCUT2D eigenvalue weighted by Crippen LogP contribution is 2.16. The maximum Gasteiger partial charge on any atom is 0.336 e. The lowest BCUT2D eigenvalue weighted by Crippen LogP contribution is -2.20. The van der Waals surface area contributed by atoms with E-state index in [1.54, 1.807) is 6.92 Å². The van der Waals surface area contributed by atoms with Gasteiger partial charge in [-0.25, -0.2) is 13.2 Å². The van der Waals surface area contributed by atoms with Gasteiger partial charge in [-0.05, 0) is 24.1 Å². The molecule has 0 heterocycles. The molecule has 0 spiro atoms. The fourth-order valence-electron chi connectivity index (χ4n) is 1.28. The molecule has 1 aromatic rings. The van der Waals surface area contributed by atoms with Crippen LogP contribution in [0.4, 0.5) is 0 Å². The van der Waals surface area contributed by atoms with Crippen LogP contribution in [0.1, 0.15) is 22.8 Å². The first kappa shape index (κ1) is 12.6. The number of sulfonamides is 1. The highest BCUT2D eigenvalue weighted by Gasteiger charge is 2.17. The van der Waals surface area contributed by atoms with Gasteiger partial charge in [0, 0.05) is 0 Å². The van der Waals surface area contributed by atoms with Crippen LogP contribution < -0.4 is 4.89 Å². The van der Waals surface area contributed by atoms with Gasteiger partial charge >= 0.3 is 5.97 Å². The van der Waals surface area contributed by atoms with Crippen molar-refractivity contribution >= 4 is 16.0 Å². The van der Waals surface area contributed by atoms with Gasteiger partial charge in [-0.15, -0.1) is 0 Å². The Morgan fingerprint density at radius 2 is 2.06 bits per heavy atom. The number of rotatable bonds is 4. The Labute approximate surface area is 92.5 Å². The summed E-state index contributed by atoms with van der Waals surface area (Å²) in [6.45, 7) is 1.76. The predicted molar refractivity (Wildman–Crippen MR) is 54.9 cm³/mol. The fraction of sp³-hybridized carbons (Fsp3) is 0.222. The lowest BCUT2D eigenvalue weighted by molar-refractivity contribution is 0.0695. The molecule has 0 aliphatic rings. The van der Waals surface area contributed by atoms with Crippen molar-refractivity contribution in [1.29, 1.82) is 0 Å². The van der Waals surface area contributed by atoms with Crippen molar-refractivity contribution < 1.29 is 23.5 Å². The highest BCUT2D eigenvalue weighted by atomic mass is 32.2. The van der Waals surface area contributed by atoms with E-state index < -0.39 is 16.0 Å². The van der Waals surface area contributed by atoms with E-state index >= 15 is 0 Å². The van der Waals surface area contributed by atoms with Crippen molar-refractivity contribution in [3.63, 3.8) is 0 Å². The molecule has 6 nitrogen and oxygen atoms in total. The van der Waals surface area contributed by atoms with Crippen LogP contribution in [0.15, 0.2) is 23.1 Å². The molecular weight excluding hydrogens is 234 g/mol. The Hall–Kier alpha value is -1.44. The number of hydrogen-bond acceptors (Lipinski definition) is 4. The summed E-state index contributed by atoms with van der Waals surface area (Å²) in [5, 5.41) is 17.3. The van der Waals surface area contributed by atoms with Gasteiger partial charge in [-0.3, -0.25) is 0 Å². The molecule has 1 rings (SSSR count). The lowest BCUT2D eigenvalue weighted by Gasteiger charge is -2.06. The van der Waals surface area contributed by atoms with Gasteiger partial charge in [0.05, 0.1) is 10.5 Å². The van der Waals surface area contributed by atoms with E-state index in [4.69, 9.17) is 10.3 Å². The standard InChI is InChI=1S/C9H11NO5S/c1-2-6-3-4-7(16(14,15)10-13)5-8(6)9(11)12/h3-5,10,13H,2H2,1H3,(H,11,12). The number of benzene rings is 1. The second-order valence-corrected chi connectivity index (χ2v) is 4.73. The summed E-state index contributed by atoms with van der Waals surface area (Å²) in [4.78, 5) is 11.7. The molecule has 0 saturated heterocycles. The average Bonchev–Trinajstić information content (AvgIpc) is 2.28. The van der Waals surface area contributed by atoms with Gasteiger partial charge < -0.3 is 10.3 Å². The van der Waals surface area contributed by atoms with Crippen LogP contribution in [0, 0.1) is 0 Å². The number of aromatic carboxylic acids is 1. The summed E-state index contributed by atoms with van der Waals surface area (Å²) >= 11 is 0. The van der Waals surface area contributed by atoms with Crippen molar-refractivity contribution in [1.82, 2.24) is 4.89 Å². The number of carboxylic acids is 1. The van der Waals surface area contributed by atoms with Gasteiger partial charge in [0.2, 0.25) is 0 Å². The van der Waals surface area contributed by atoms with E-state index in [1.165, 1.54) is 12.1 Å². The predicted octanol–water partition coefficient (Wildman–Crippen LogP) is 0.615. The quantitative estimate of drug-likeness (QED) is 0.674. The topological polar surface area (TPSA) is 104 Å². The summed E-state index contributed by atoms with van der Waals surface area (Å²) in [7, 11) is -4.04. The minimum atomic E-state index is -4.04. The summed E-state index contributed by atoms with van der Waals surface area (Å²) in [6.07, 6.45) is 0.481. The first-order valence-electron chi connectivity index (χ1n) is 4.44. The Kier molecular flexibility index (Phi) is 3.63.